The Kier molecular flexibility index (Phi) is 3.03. The highest BCUT2D eigenvalue weighted by molar-refractivity contribution is 9.11. The zero-order valence-electron chi connectivity index (χ0n) is 9.33. The molecule has 0 aromatic heterocycles. The fraction of sp³-hybridized carbons (Fsp3) is 0.462. The van der Waals surface area contributed by atoms with E-state index >= 15 is 0 Å². The molecule has 1 aromatic rings. The number of piperidine rings is 1. The molecule has 2 aliphatic rings. The third-order valence-electron chi connectivity index (χ3n) is 3.83. The molecule has 2 bridgehead atoms. The van der Waals surface area contributed by atoms with E-state index in [1.807, 2.05) is 18.2 Å². The number of hydrogen-bond donors (Lipinski definition) is 0. The van der Waals surface area contributed by atoms with Crippen molar-refractivity contribution in [3.63, 3.8) is 0 Å². The van der Waals surface area contributed by atoms with Crippen LogP contribution in [0.15, 0.2) is 27.1 Å². The highest BCUT2D eigenvalue weighted by atomic mass is 79.9. The zero-order chi connectivity index (χ0) is 12.0. The third-order valence-corrected chi connectivity index (χ3v) is 4.98. The van der Waals surface area contributed by atoms with Crippen molar-refractivity contribution in [2.45, 2.75) is 25.3 Å². The van der Waals surface area contributed by atoms with Crippen molar-refractivity contribution in [1.82, 2.24) is 4.90 Å². The molecule has 90 valence electrons. The van der Waals surface area contributed by atoms with Gasteiger partial charge in [0.25, 0.3) is 5.91 Å². The van der Waals surface area contributed by atoms with Crippen LogP contribution in [0.1, 0.15) is 29.6 Å². The quantitative estimate of drug-likeness (QED) is 0.746. The molecular formula is C13H13Br2NO. The second kappa shape index (κ2) is 4.39. The van der Waals surface area contributed by atoms with Crippen LogP contribution in [0.4, 0.5) is 0 Å². The average Bonchev–Trinajstić information content (AvgIpc) is 2.89. The second-order valence-corrected chi connectivity index (χ2v) is 6.68. The van der Waals surface area contributed by atoms with Crippen molar-refractivity contribution < 1.29 is 4.79 Å². The number of amides is 1. The number of carbonyl (C=O) groups excluding carboxylic acids is 1. The van der Waals surface area contributed by atoms with Crippen LogP contribution in [0.25, 0.3) is 0 Å². The van der Waals surface area contributed by atoms with Crippen LogP contribution in [0.2, 0.25) is 0 Å². The van der Waals surface area contributed by atoms with E-state index in [2.05, 4.69) is 36.8 Å². The maximum Gasteiger partial charge on any atom is 0.255 e. The Morgan fingerprint density at radius 2 is 2.12 bits per heavy atom. The normalized spacial score (nSPS) is 26.6. The minimum absolute atomic E-state index is 0.177. The molecule has 1 aliphatic carbocycles. The molecular weight excluding hydrogens is 346 g/mol. The summed E-state index contributed by atoms with van der Waals surface area (Å²) in [7, 11) is 0. The van der Waals surface area contributed by atoms with E-state index in [9.17, 15) is 4.79 Å². The first-order chi connectivity index (χ1) is 8.15. The highest BCUT2D eigenvalue weighted by Crippen LogP contribution is 2.38. The van der Waals surface area contributed by atoms with Gasteiger partial charge >= 0.3 is 0 Å². The van der Waals surface area contributed by atoms with Gasteiger partial charge in [-0.05, 0) is 59.3 Å². The van der Waals surface area contributed by atoms with Gasteiger partial charge in [0, 0.05) is 21.5 Å². The molecule has 0 N–H and O–H groups in total. The maximum atomic E-state index is 12.4. The standard InChI is InChI=1S/C13H13Br2NO/c14-9-2-4-11(12(15)6-9)13(17)16-7-8-1-3-10(16)5-8/h2,4,6,8,10H,1,3,5,7H2. The Morgan fingerprint density at radius 1 is 1.29 bits per heavy atom. The molecule has 0 spiro atoms. The van der Waals surface area contributed by atoms with E-state index in [4.69, 9.17) is 0 Å². The molecule has 1 aliphatic heterocycles. The summed E-state index contributed by atoms with van der Waals surface area (Å²) in [5.74, 6) is 0.926. The molecule has 2 nitrogen and oxygen atoms in total. The lowest BCUT2D eigenvalue weighted by molar-refractivity contribution is 0.0702. The summed E-state index contributed by atoms with van der Waals surface area (Å²) in [6.45, 7) is 0.950. The topological polar surface area (TPSA) is 20.3 Å². The first-order valence-corrected chi connectivity index (χ1v) is 7.50. The van der Waals surface area contributed by atoms with Gasteiger partial charge in [-0.1, -0.05) is 15.9 Å². The molecule has 2 fully saturated rings. The van der Waals surface area contributed by atoms with E-state index in [0.717, 1.165) is 27.0 Å². The Bertz CT molecular complexity index is 474. The van der Waals surface area contributed by atoms with Crippen LogP contribution in [-0.4, -0.2) is 23.4 Å². The van der Waals surface area contributed by atoms with Gasteiger partial charge in [0.15, 0.2) is 0 Å². The first kappa shape index (κ1) is 11.7. The molecule has 2 atom stereocenters. The van der Waals surface area contributed by atoms with Crippen LogP contribution < -0.4 is 0 Å². The molecule has 17 heavy (non-hydrogen) atoms. The molecule has 4 heteroatoms. The van der Waals surface area contributed by atoms with Gasteiger partial charge in [0.1, 0.15) is 0 Å². The number of hydrogen-bond acceptors (Lipinski definition) is 1. The van der Waals surface area contributed by atoms with Crippen molar-refractivity contribution >= 4 is 37.8 Å². The summed E-state index contributed by atoms with van der Waals surface area (Å²) in [5, 5.41) is 0. The van der Waals surface area contributed by atoms with Gasteiger partial charge in [0.05, 0.1) is 5.56 Å². The molecule has 0 radical (unpaired) electrons. The molecule has 1 amide bonds. The Balaban J connectivity index is 1.87. The maximum absolute atomic E-state index is 12.4. The number of rotatable bonds is 1. The van der Waals surface area contributed by atoms with Crippen molar-refractivity contribution in [1.29, 1.82) is 0 Å². The van der Waals surface area contributed by atoms with Crippen LogP contribution in [0.5, 0.6) is 0 Å². The van der Waals surface area contributed by atoms with Crippen LogP contribution in [0, 0.1) is 5.92 Å². The van der Waals surface area contributed by atoms with Crippen LogP contribution in [-0.2, 0) is 0 Å². The molecule has 1 saturated heterocycles. The highest BCUT2D eigenvalue weighted by Gasteiger charge is 2.40. The number of halogens is 2. The van der Waals surface area contributed by atoms with Gasteiger partial charge in [-0.25, -0.2) is 0 Å². The molecule has 1 aromatic carbocycles. The predicted molar refractivity (Wildman–Crippen MR) is 74.0 cm³/mol. The smallest absolute Gasteiger partial charge is 0.255 e. The number of benzene rings is 1. The molecule has 3 rings (SSSR count). The van der Waals surface area contributed by atoms with Crippen LogP contribution in [0.3, 0.4) is 0 Å². The zero-order valence-corrected chi connectivity index (χ0v) is 12.5. The Labute approximate surface area is 118 Å². The molecule has 1 heterocycles. The fourth-order valence-electron chi connectivity index (χ4n) is 2.99. The van der Waals surface area contributed by atoms with Crippen molar-refractivity contribution in [3.05, 3.63) is 32.7 Å². The summed E-state index contributed by atoms with van der Waals surface area (Å²) in [5.41, 5.74) is 0.778. The summed E-state index contributed by atoms with van der Waals surface area (Å²) in [6.07, 6.45) is 3.69. The minimum Gasteiger partial charge on any atom is -0.335 e. The fourth-order valence-corrected chi connectivity index (χ4v) is 4.21. The van der Waals surface area contributed by atoms with E-state index in [1.54, 1.807) is 0 Å². The monoisotopic (exact) mass is 357 g/mol. The predicted octanol–water partition coefficient (Wildman–Crippen LogP) is 3.84. The van der Waals surface area contributed by atoms with Crippen LogP contribution >= 0.6 is 31.9 Å². The molecule has 1 saturated carbocycles. The van der Waals surface area contributed by atoms with E-state index < -0.39 is 0 Å². The Hall–Kier alpha value is -0.350. The summed E-state index contributed by atoms with van der Waals surface area (Å²) in [6, 6.07) is 6.24. The van der Waals surface area contributed by atoms with Crippen molar-refractivity contribution in [2.24, 2.45) is 5.92 Å². The molecule has 2 unspecified atom stereocenters. The minimum atomic E-state index is 0.177. The lowest BCUT2D eigenvalue weighted by atomic mass is 10.1. The number of nitrogens with zero attached hydrogens (tertiary/aromatic N) is 1. The van der Waals surface area contributed by atoms with Crippen molar-refractivity contribution in [2.75, 3.05) is 6.54 Å². The number of likely N-dealkylation sites (tertiary alicyclic amines) is 1. The summed E-state index contributed by atoms with van der Waals surface area (Å²) >= 11 is 6.88. The van der Waals surface area contributed by atoms with Crippen molar-refractivity contribution in [3.8, 4) is 0 Å². The first-order valence-electron chi connectivity index (χ1n) is 5.91. The lowest BCUT2D eigenvalue weighted by Gasteiger charge is -2.27. The largest absolute Gasteiger partial charge is 0.335 e. The number of carbonyl (C=O) groups is 1. The van der Waals surface area contributed by atoms with Gasteiger partial charge in [-0.2, -0.15) is 0 Å². The lowest BCUT2D eigenvalue weighted by Crippen LogP contribution is -2.37. The van der Waals surface area contributed by atoms with Gasteiger partial charge in [-0.15, -0.1) is 0 Å². The SMILES string of the molecule is O=C(c1ccc(Br)cc1Br)N1CC2CCC1C2. The summed E-state index contributed by atoms with van der Waals surface area (Å²) < 4.78 is 1.86. The third kappa shape index (κ3) is 2.06. The number of fused-ring (bicyclic) bond motifs is 2. The van der Waals surface area contributed by atoms with E-state index in [-0.39, 0.29) is 5.91 Å². The van der Waals surface area contributed by atoms with Gasteiger partial charge in [0.2, 0.25) is 0 Å². The van der Waals surface area contributed by atoms with Gasteiger partial charge in [-0.3, -0.25) is 4.79 Å². The summed E-state index contributed by atoms with van der Waals surface area (Å²) in [4.78, 5) is 14.5. The van der Waals surface area contributed by atoms with Gasteiger partial charge < -0.3 is 4.90 Å². The average molecular weight is 359 g/mol. The van der Waals surface area contributed by atoms with E-state index in [0.29, 0.717) is 6.04 Å². The second-order valence-electron chi connectivity index (χ2n) is 4.91. The van der Waals surface area contributed by atoms with E-state index in [1.165, 1.54) is 19.3 Å². The Morgan fingerprint density at radius 3 is 2.71 bits per heavy atom.